The lowest BCUT2D eigenvalue weighted by atomic mass is 9.85. The summed E-state index contributed by atoms with van der Waals surface area (Å²) in [6.07, 6.45) is 5.39. The van der Waals surface area contributed by atoms with Gasteiger partial charge in [-0.3, -0.25) is 4.79 Å². The standard InChI is InChI=1S/C14H19N3O/c15-11-7-12-10(4-5-14(18)17-12)6-13(11)16-8-9-2-1-3-9/h6-7,9,16H,1-5,8,15H2,(H,17,18). The van der Waals surface area contributed by atoms with Crippen molar-refractivity contribution in [3.05, 3.63) is 17.7 Å². The fraction of sp³-hybridized carbons (Fsp3) is 0.500. The van der Waals surface area contributed by atoms with Gasteiger partial charge < -0.3 is 16.4 Å². The van der Waals surface area contributed by atoms with Crippen LogP contribution in [0.4, 0.5) is 17.1 Å². The molecule has 0 aromatic heterocycles. The molecule has 1 aromatic rings. The van der Waals surface area contributed by atoms with Crippen LogP contribution in [-0.4, -0.2) is 12.5 Å². The molecule has 3 rings (SSSR count). The van der Waals surface area contributed by atoms with Crippen molar-refractivity contribution in [1.29, 1.82) is 0 Å². The fourth-order valence-electron chi connectivity index (χ4n) is 2.55. The van der Waals surface area contributed by atoms with E-state index in [1.807, 2.05) is 6.07 Å². The number of hydrogen-bond acceptors (Lipinski definition) is 3. The van der Waals surface area contributed by atoms with Gasteiger partial charge in [-0.05, 0) is 42.9 Å². The predicted octanol–water partition coefficient (Wildman–Crippen LogP) is 2.37. The third-order valence-corrected chi connectivity index (χ3v) is 3.98. The van der Waals surface area contributed by atoms with Crippen LogP contribution in [-0.2, 0) is 11.2 Å². The number of amides is 1. The normalized spacial score (nSPS) is 18.8. The first-order chi connectivity index (χ1) is 8.72. The average Bonchev–Trinajstić information content (AvgIpc) is 2.28. The molecule has 96 valence electrons. The Labute approximate surface area is 107 Å². The molecule has 0 unspecified atom stereocenters. The molecule has 18 heavy (non-hydrogen) atoms. The number of hydrogen-bond donors (Lipinski definition) is 3. The summed E-state index contributed by atoms with van der Waals surface area (Å²) in [4.78, 5) is 11.3. The summed E-state index contributed by atoms with van der Waals surface area (Å²) in [7, 11) is 0. The van der Waals surface area contributed by atoms with Crippen molar-refractivity contribution in [3.63, 3.8) is 0 Å². The topological polar surface area (TPSA) is 67.1 Å². The van der Waals surface area contributed by atoms with E-state index in [-0.39, 0.29) is 5.91 Å². The number of carbonyl (C=O) groups excluding carboxylic acids is 1. The van der Waals surface area contributed by atoms with Gasteiger partial charge in [0.05, 0.1) is 11.4 Å². The molecule has 1 aromatic carbocycles. The van der Waals surface area contributed by atoms with Crippen molar-refractivity contribution in [2.24, 2.45) is 5.92 Å². The Balaban J connectivity index is 1.75. The third kappa shape index (κ3) is 2.15. The van der Waals surface area contributed by atoms with Crippen LogP contribution in [0.2, 0.25) is 0 Å². The van der Waals surface area contributed by atoms with E-state index in [0.29, 0.717) is 6.42 Å². The number of aryl methyl sites for hydroxylation is 1. The summed E-state index contributed by atoms with van der Waals surface area (Å²) in [6, 6.07) is 3.96. The Kier molecular flexibility index (Phi) is 2.86. The van der Waals surface area contributed by atoms with Gasteiger partial charge in [0.2, 0.25) is 5.91 Å². The molecule has 0 atom stereocenters. The van der Waals surface area contributed by atoms with Crippen LogP contribution in [0.5, 0.6) is 0 Å². The molecule has 0 saturated heterocycles. The second-order valence-corrected chi connectivity index (χ2v) is 5.32. The molecular weight excluding hydrogens is 226 g/mol. The molecule has 4 heteroatoms. The van der Waals surface area contributed by atoms with Crippen LogP contribution >= 0.6 is 0 Å². The van der Waals surface area contributed by atoms with Crippen LogP contribution in [0.3, 0.4) is 0 Å². The van der Waals surface area contributed by atoms with Crippen molar-refractivity contribution in [2.75, 3.05) is 22.9 Å². The maximum atomic E-state index is 11.3. The lowest BCUT2D eigenvalue weighted by Gasteiger charge is -2.27. The molecule has 0 bridgehead atoms. The largest absolute Gasteiger partial charge is 0.397 e. The van der Waals surface area contributed by atoms with Crippen LogP contribution < -0.4 is 16.4 Å². The summed E-state index contributed by atoms with van der Waals surface area (Å²) < 4.78 is 0. The Morgan fingerprint density at radius 2 is 2.17 bits per heavy atom. The lowest BCUT2D eigenvalue weighted by Crippen LogP contribution is -2.22. The number of nitrogens with one attached hydrogen (secondary N) is 2. The van der Waals surface area contributed by atoms with Crippen molar-refractivity contribution < 1.29 is 4.79 Å². The van der Waals surface area contributed by atoms with Gasteiger partial charge in [0, 0.05) is 18.7 Å². The minimum absolute atomic E-state index is 0.0806. The Morgan fingerprint density at radius 1 is 1.33 bits per heavy atom. The van der Waals surface area contributed by atoms with E-state index in [2.05, 4.69) is 16.7 Å². The average molecular weight is 245 g/mol. The molecule has 0 radical (unpaired) electrons. The quantitative estimate of drug-likeness (QED) is 0.716. The molecule has 1 saturated carbocycles. The number of nitrogens with two attached hydrogens (primary N) is 1. The third-order valence-electron chi connectivity index (χ3n) is 3.98. The van der Waals surface area contributed by atoms with Crippen LogP contribution in [0, 0.1) is 5.92 Å². The zero-order valence-electron chi connectivity index (χ0n) is 10.5. The summed E-state index contributed by atoms with van der Waals surface area (Å²) in [5, 5.41) is 6.31. The van der Waals surface area contributed by atoms with Gasteiger partial charge in [-0.25, -0.2) is 0 Å². The number of carbonyl (C=O) groups is 1. The number of nitrogen functional groups attached to an aromatic ring is 1. The maximum absolute atomic E-state index is 11.3. The minimum atomic E-state index is 0.0806. The molecule has 1 heterocycles. The highest BCUT2D eigenvalue weighted by Gasteiger charge is 2.19. The second kappa shape index (κ2) is 4.52. The molecule has 4 N–H and O–H groups in total. The van der Waals surface area contributed by atoms with E-state index in [1.165, 1.54) is 24.8 Å². The SMILES string of the molecule is Nc1cc2c(cc1NCC1CCC1)CCC(=O)N2. The van der Waals surface area contributed by atoms with Crippen molar-refractivity contribution >= 4 is 23.0 Å². The molecule has 4 nitrogen and oxygen atoms in total. The molecular formula is C14H19N3O. The van der Waals surface area contributed by atoms with E-state index in [0.717, 1.165) is 35.9 Å². The first-order valence-electron chi connectivity index (χ1n) is 6.68. The number of benzene rings is 1. The second-order valence-electron chi connectivity index (χ2n) is 5.32. The zero-order chi connectivity index (χ0) is 12.5. The predicted molar refractivity (Wildman–Crippen MR) is 73.6 cm³/mol. The van der Waals surface area contributed by atoms with E-state index >= 15 is 0 Å². The van der Waals surface area contributed by atoms with Crippen LogP contribution in [0.25, 0.3) is 0 Å². The van der Waals surface area contributed by atoms with Crippen molar-refractivity contribution in [2.45, 2.75) is 32.1 Å². The van der Waals surface area contributed by atoms with Crippen molar-refractivity contribution in [3.8, 4) is 0 Å². The first kappa shape index (κ1) is 11.4. The maximum Gasteiger partial charge on any atom is 0.224 e. The Morgan fingerprint density at radius 3 is 2.89 bits per heavy atom. The number of fused-ring (bicyclic) bond motifs is 1. The molecule has 2 aliphatic rings. The van der Waals surface area contributed by atoms with Gasteiger partial charge in [-0.1, -0.05) is 6.42 Å². The zero-order valence-corrected chi connectivity index (χ0v) is 10.5. The van der Waals surface area contributed by atoms with Gasteiger partial charge in [0.25, 0.3) is 0 Å². The molecule has 1 amide bonds. The van der Waals surface area contributed by atoms with E-state index < -0.39 is 0 Å². The molecule has 1 aliphatic carbocycles. The summed E-state index contributed by atoms with van der Waals surface area (Å²) in [6.45, 7) is 1.01. The lowest BCUT2D eigenvalue weighted by molar-refractivity contribution is -0.116. The number of rotatable bonds is 3. The van der Waals surface area contributed by atoms with E-state index in [9.17, 15) is 4.79 Å². The van der Waals surface area contributed by atoms with Gasteiger partial charge in [0.1, 0.15) is 0 Å². The first-order valence-corrected chi connectivity index (χ1v) is 6.68. The van der Waals surface area contributed by atoms with Gasteiger partial charge in [0.15, 0.2) is 0 Å². The Hall–Kier alpha value is -1.71. The molecule has 1 fully saturated rings. The summed E-state index contributed by atoms with van der Waals surface area (Å²) >= 11 is 0. The smallest absolute Gasteiger partial charge is 0.224 e. The monoisotopic (exact) mass is 245 g/mol. The Bertz CT molecular complexity index is 480. The fourth-order valence-corrected chi connectivity index (χ4v) is 2.55. The van der Waals surface area contributed by atoms with E-state index in [4.69, 9.17) is 5.73 Å². The van der Waals surface area contributed by atoms with Crippen LogP contribution in [0.1, 0.15) is 31.2 Å². The summed E-state index contributed by atoms with van der Waals surface area (Å²) in [5.41, 5.74) is 9.80. The molecule has 1 aliphatic heterocycles. The van der Waals surface area contributed by atoms with Crippen LogP contribution in [0.15, 0.2) is 12.1 Å². The van der Waals surface area contributed by atoms with Gasteiger partial charge in [-0.15, -0.1) is 0 Å². The van der Waals surface area contributed by atoms with Crippen molar-refractivity contribution in [1.82, 2.24) is 0 Å². The highest BCUT2D eigenvalue weighted by molar-refractivity contribution is 5.95. The van der Waals surface area contributed by atoms with E-state index in [1.54, 1.807) is 0 Å². The van der Waals surface area contributed by atoms with Gasteiger partial charge >= 0.3 is 0 Å². The minimum Gasteiger partial charge on any atom is -0.397 e. The molecule has 0 spiro atoms. The van der Waals surface area contributed by atoms with Gasteiger partial charge in [-0.2, -0.15) is 0 Å². The highest BCUT2D eigenvalue weighted by atomic mass is 16.1. The highest BCUT2D eigenvalue weighted by Crippen LogP contribution is 2.32. The number of anilines is 3. The summed E-state index contributed by atoms with van der Waals surface area (Å²) in [5.74, 6) is 0.886.